The molecular formula is C16H17NO3. The zero-order valence-electron chi connectivity index (χ0n) is 11.6. The van der Waals surface area contributed by atoms with Gasteiger partial charge < -0.3 is 14.4 Å². The average molecular weight is 271 g/mol. The number of aliphatic hydroxyl groups is 1. The van der Waals surface area contributed by atoms with E-state index in [1.165, 1.54) is 0 Å². The van der Waals surface area contributed by atoms with Crippen LogP contribution in [0.4, 0.5) is 5.69 Å². The molecule has 1 aliphatic heterocycles. The molecule has 4 nitrogen and oxygen atoms in total. The average Bonchev–Trinajstić information content (AvgIpc) is 2.98. The number of anilines is 1. The molecule has 4 heteroatoms. The predicted octanol–water partition coefficient (Wildman–Crippen LogP) is 2.60. The van der Waals surface area contributed by atoms with E-state index in [0.717, 1.165) is 11.3 Å². The summed E-state index contributed by atoms with van der Waals surface area (Å²) in [6.45, 7) is 4.14. The van der Waals surface area contributed by atoms with Gasteiger partial charge in [-0.05, 0) is 37.6 Å². The molecule has 2 heterocycles. The highest BCUT2D eigenvalue weighted by Crippen LogP contribution is 2.41. The fourth-order valence-corrected chi connectivity index (χ4v) is 2.70. The molecule has 1 aromatic carbocycles. The molecule has 0 saturated heterocycles. The molecular weight excluding hydrogens is 254 g/mol. The second-order valence-electron chi connectivity index (χ2n) is 5.56. The summed E-state index contributed by atoms with van der Waals surface area (Å²) in [5.74, 6) is 1.26. The second kappa shape index (κ2) is 4.49. The van der Waals surface area contributed by atoms with Gasteiger partial charge in [-0.25, -0.2) is 0 Å². The minimum Gasteiger partial charge on any atom is -0.462 e. The maximum absolute atomic E-state index is 12.6. The van der Waals surface area contributed by atoms with Crippen LogP contribution in [0.15, 0.2) is 40.8 Å². The third kappa shape index (κ3) is 1.84. The number of fused-ring (bicyclic) bond motifs is 1. The molecule has 2 aromatic rings. The van der Waals surface area contributed by atoms with E-state index in [-0.39, 0.29) is 12.5 Å². The van der Waals surface area contributed by atoms with Crippen molar-refractivity contribution in [2.45, 2.75) is 32.4 Å². The quantitative estimate of drug-likeness (QED) is 0.933. The van der Waals surface area contributed by atoms with Gasteiger partial charge in [0.2, 0.25) is 5.91 Å². The van der Waals surface area contributed by atoms with E-state index in [0.29, 0.717) is 18.1 Å². The number of benzene rings is 1. The van der Waals surface area contributed by atoms with Crippen molar-refractivity contribution in [3.8, 4) is 0 Å². The van der Waals surface area contributed by atoms with Crippen molar-refractivity contribution in [1.82, 2.24) is 0 Å². The van der Waals surface area contributed by atoms with Crippen LogP contribution in [0, 0.1) is 0 Å². The Morgan fingerprint density at radius 1 is 1.15 bits per heavy atom. The van der Waals surface area contributed by atoms with Crippen LogP contribution in [-0.4, -0.2) is 11.0 Å². The Morgan fingerprint density at radius 3 is 2.55 bits per heavy atom. The Balaban J connectivity index is 1.96. The van der Waals surface area contributed by atoms with Gasteiger partial charge in [-0.15, -0.1) is 0 Å². The van der Waals surface area contributed by atoms with E-state index in [9.17, 15) is 4.79 Å². The minimum atomic E-state index is -0.511. The minimum absolute atomic E-state index is 0.0700. The first-order valence-electron chi connectivity index (χ1n) is 6.64. The van der Waals surface area contributed by atoms with E-state index >= 15 is 0 Å². The van der Waals surface area contributed by atoms with Gasteiger partial charge in [-0.1, -0.05) is 18.2 Å². The number of furan rings is 1. The Labute approximate surface area is 117 Å². The van der Waals surface area contributed by atoms with E-state index in [4.69, 9.17) is 9.52 Å². The normalized spacial score (nSPS) is 16.6. The fourth-order valence-electron chi connectivity index (χ4n) is 2.70. The molecule has 0 bridgehead atoms. The predicted molar refractivity (Wildman–Crippen MR) is 75.3 cm³/mol. The Bertz CT molecular complexity index is 657. The summed E-state index contributed by atoms with van der Waals surface area (Å²) < 4.78 is 5.48. The van der Waals surface area contributed by atoms with E-state index < -0.39 is 5.41 Å². The Hall–Kier alpha value is -2.07. The molecule has 0 spiro atoms. The Kier molecular flexibility index (Phi) is 2.91. The summed E-state index contributed by atoms with van der Waals surface area (Å²) in [5, 5.41) is 9.03. The summed E-state index contributed by atoms with van der Waals surface area (Å²) >= 11 is 0. The van der Waals surface area contributed by atoms with Crippen molar-refractivity contribution in [1.29, 1.82) is 0 Å². The highest BCUT2D eigenvalue weighted by atomic mass is 16.4. The third-order valence-electron chi connectivity index (χ3n) is 3.84. The van der Waals surface area contributed by atoms with Crippen LogP contribution in [-0.2, 0) is 23.4 Å². The van der Waals surface area contributed by atoms with Crippen molar-refractivity contribution in [2.24, 2.45) is 0 Å². The van der Waals surface area contributed by atoms with Crippen LogP contribution in [0.2, 0.25) is 0 Å². The van der Waals surface area contributed by atoms with E-state index in [1.807, 2.05) is 38.1 Å². The molecule has 0 fully saturated rings. The molecule has 20 heavy (non-hydrogen) atoms. The van der Waals surface area contributed by atoms with Crippen molar-refractivity contribution >= 4 is 11.6 Å². The molecule has 3 rings (SSSR count). The number of carbonyl (C=O) groups is 1. The van der Waals surface area contributed by atoms with Gasteiger partial charge in [0, 0.05) is 5.69 Å². The standard InChI is InChI=1S/C16H17NO3/c1-16(2)13-5-3-4-6-14(13)17(15(16)19)9-11-7-8-12(10-18)20-11/h3-8,18H,9-10H2,1-2H3. The summed E-state index contributed by atoms with van der Waals surface area (Å²) in [6.07, 6.45) is 0. The van der Waals surface area contributed by atoms with Gasteiger partial charge in [0.25, 0.3) is 0 Å². The highest BCUT2D eigenvalue weighted by Gasteiger charge is 2.43. The molecule has 1 N–H and O–H groups in total. The lowest BCUT2D eigenvalue weighted by atomic mass is 9.86. The van der Waals surface area contributed by atoms with Crippen molar-refractivity contribution in [3.05, 3.63) is 53.5 Å². The SMILES string of the molecule is CC1(C)C(=O)N(Cc2ccc(CO)o2)c2ccccc21. The van der Waals surface area contributed by atoms with Crippen LogP contribution < -0.4 is 4.90 Å². The zero-order chi connectivity index (χ0) is 14.3. The van der Waals surface area contributed by atoms with E-state index in [1.54, 1.807) is 17.0 Å². The summed E-state index contributed by atoms with van der Waals surface area (Å²) in [6, 6.07) is 11.4. The van der Waals surface area contributed by atoms with Crippen LogP contribution in [0.25, 0.3) is 0 Å². The molecule has 1 aromatic heterocycles. The molecule has 0 radical (unpaired) electrons. The van der Waals surface area contributed by atoms with E-state index in [2.05, 4.69) is 0 Å². The van der Waals surface area contributed by atoms with Crippen LogP contribution in [0.5, 0.6) is 0 Å². The first-order chi connectivity index (χ1) is 9.54. The fraction of sp³-hybridized carbons (Fsp3) is 0.312. The lowest BCUT2D eigenvalue weighted by Crippen LogP contribution is -2.35. The molecule has 0 unspecified atom stereocenters. The summed E-state index contributed by atoms with van der Waals surface area (Å²) in [5.41, 5.74) is 1.46. The van der Waals surface area contributed by atoms with Crippen LogP contribution >= 0.6 is 0 Å². The first-order valence-corrected chi connectivity index (χ1v) is 6.64. The summed E-state index contributed by atoms with van der Waals surface area (Å²) in [4.78, 5) is 14.3. The lowest BCUT2D eigenvalue weighted by molar-refractivity contribution is -0.122. The van der Waals surface area contributed by atoms with Crippen molar-refractivity contribution in [2.75, 3.05) is 4.90 Å². The second-order valence-corrected chi connectivity index (χ2v) is 5.56. The molecule has 0 aliphatic carbocycles. The number of rotatable bonds is 3. The smallest absolute Gasteiger partial charge is 0.237 e. The number of aliphatic hydroxyl groups excluding tert-OH is 1. The third-order valence-corrected chi connectivity index (χ3v) is 3.84. The molecule has 1 amide bonds. The Morgan fingerprint density at radius 2 is 1.85 bits per heavy atom. The van der Waals surface area contributed by atoms with Gasteiger partial charge in [0.05, 0.1) is 12.0 Å². The van der Waals surface area contributed by atoms with Crippen molar-refractivity contribution < 1.29 is 14.3 Å². The number of para-hydroxylation sites is 1. The van der Waals surface area contributed by atoms with Gasteiger partial charge in [-0.3, -0.25) is 4.79 Å². The number of amides is 1. The number of hydrogen-bond acceptors (Lipinski definition) is 3. The van der Waals surface area contributed by atoms with Crippen LogP contribution in [0.1, 0.15) is 30.9 Å². The van der Waals surface area contributed by atoms with Crippen molar-refractivity contribution in [3.63, 3.8) is 0 Å². The number of hydrogen-bond donors (Lipinski definition) is 1. The molecule has 0 saturated carbocycles. The largest absolute Gasteiger partial charge is 0.462 e. The van der Waals surface area contributed by atoms with Gasteiger partial charge in [-0.2, -0.15) is 0 Å². The maximum Gasteiger partial charge on any atom is 0.237 e. The molecule has 1 aliphatic rings. The number of carbonyl (C=O) groups excluding carboxylic acids is 1. The molecule has 0 atom stereocenters. The van der Waals surface area contributed by atoms with Crippen LogP contribution in [0.3, 0.4) is 0 Å². The van der Waals surface area contributed by atoms with Gasteiger partial charge in [0.15, 0.2) is 0 Å². The first kappa shape index (κ1) is 12.9. The maximum atomic E-state index is 12.6. The topological polar surface area (TPSA) is 53.7 Å². The van der Waals surface area contributed by atoms with Gasteiger partial charge in [0.1, 0.15) is 18.1 Å². The monoisotopic (exact) mass is 271 g/mol. The number of nitrogens with zero attached hydrogens (tertiary/aromatic N) is 1. The lowest BCUT2D eigenvalue weighted by Gasteiger charge is -2.19. The zero-order valence-corrected chi connectivity index (χ0v) is 11.6. The van der Waals surface area contributed by atoms with Gasteiger partial charge >= 0.3 is 0 Å². The highest BCUT2D eigenvalue weighted by molar-refractivity contribution is 6.07. The summed E-state index contributed by atoms with van der Waals surface area (Å²) in [7, 11) is 0. The molecule has 104 valence electrons.